The number of hydrogen-bond donors (Lipinski definition) is 2. The van der Waals surface area contributed by atoms with Gasteiger partial charge >= 0.3 is 12.0 Å². The summed E-state index contributed by atoms with van der Waals surface area (Å²) in [7, 11) is 1.46. The Morgan fingerprint density at radius 3 is 2.65 bits per heavy atom. The van der Waals surface area contributed by atoms with E-state index in [4.69, 9.17) is 9.47 Å². The number of esters is 1. The van der Waals surface area contributed by atoms with Crippen LogP contribution < -0.4 is 10.6 Å². The van der Waals surface area contributed by atoms with Gasteiger partial charge in [-0.05, 0) is 24.6 Å². The van der Waals surface area contributed by atoms with Gasteiger partial charge in [-0.3, -0.25) is 0 Å². The first-order valence-electron chi connectivity index (χ1n) is 6.83. The molecule has 124 valence electrons. The summed E-state index contributed by atoms with van der Waals surface area (Å²) in [5.74, 6) is -2.76. The van der Waals surface area contributed by atoms with Crippen LogP contribution in [0.2, 0.25) is 0 Å². The van der Waals surface area contributed by atoms with Gasteiger partial charge in [-0.15, -0.1) is 0 Å². The molecule has 1 aromatic rings. The lowest BCUT2D eigenvalue weighted by atomic mass is 9.95. The molecule has 1 aromatic carbocycles. The zero-order valence-corrected chi connectivity index (χ0v) is 12.6. The lowest BCUT2D eigenvalue weighted by Gasteiger charge is -2.28. The molecular weight excluding hydrogens is 310 g/mol. The first-order chi connectivity index (χ1) is 10.9. The summed E-state index contributed by atoms with van der Waals surface area (Å²) in [5.41, 5.74) is 0.634. The van der Waals surface area contributed by atoms with E-state index in [1.165, 1.54) is 20.1 Å². The van der Waals surface area contributed by atoms with E-state index in [2.05, 4.69) is 10.6 Å². The average Bonchev–Trinajstić information content (AvgIpc) is 2.49. The summed E-state index contributed by atoms with van der Waals surface area (Å²) < 4.78 is 36.4. The number of methoxy groups -OCH3 is 1. The number of carbonyl (C=O) groups is 2. The van der Waals surface area contributed by atoms with Crippen LogP contribution in [0.3, 0.4) is 0 Å². The van der Waals surface area contributed by atoms with Crippen molar-refractivity contribution in [1.82, 2.24) is 10.6 Å². The van der Waals surface area contributed by atoms with E-state index in [1.54, 1.807) is 0 Å². The van der Waals surface area contributed by atoms with Gasteiger partial charge in [0.2, 0.25) is 0 Å². The van der Waals surface area contributed by atoms with Crippen LogP contribution in [0.1, 0.15) is 18.5 Å². The smallest absolute Gasteiger partial charge is 0.338 e. The Hall–Kier alpha value is -2.48. The minimum absolute atomic E-state index is 0.0323. The molecule has 2 amide bonds. The lowest BCUT2D eigenvalue weighted by Crippen LogP contribution is -2.45. The maximum absolute atomic E-state index is 13.5. The molecule has 0 spiro atoms. The van der Waals surface area contributed by atoms with Gasteiger partial charge in [-0.1, -0.05) is 6.07 Å². The first kappa shape index (κ1) is 16.9. The SMILES string of the molecule is COCCOC(=O)C1=C(C)NC(=O)N[C@H]1c1ccc(F)c(F)c1. The summed E-state index contributed by atoms with van der Waals surface area (Å²) in [6, 6.07) is 1.67. The number of urea groups is 1. The molecule has 0 saturated heterocycles. The standard InChI is InChI=1S/C15H16F2N2O4/c1-8-12(14(20)23-6-5-22-2)13(19-15(21)18-8)9-3-4-10(16)11(17)7-9/h3-4,7,13H,5-6H2,1-2H3,(H2,18,19,21)/t13-/m0/s1. The first-order valence-corrected chi connectivity index (χ1v) is 6.83. The molecule has 0 unspecified atom stereocenters. The Morgan fingerprint density at radius 2 is 2.00 bits per heavy atom. The number of benzene rings is 1. The molecule has 0 radical (unpaired) electrons. The molecule has 2 rings (SSSR count). The molecule has 0 saturated carbocycles. The monoisotopic (exact) mass is 326 g/mol. The van der Waals surface area contributed by atoms with Gasteiger partial charge in [0.25, 0.3) is 0 Å². The van der Waals surface area contributed by atoms with Gasteiger partial charge in [0.15, 0.2) is 11.6 Å². The van der Waals surface area contributed by atoms with Crippen molar-refractivity contribution in [2.75, 3.05) is 20.3 Å². The second-order valence-corrected chi connectivity index (χ2v) is 4.87. The molecule has 23 heavy (non-hydrogen) atoms. The van der Waals surface area contributed by atoms with Crippen LogP contribution >= 0.6 is 0 Å². The molecule has 0 aliphatic carbocycles. The summed E-state index contributed by atoms with van der Waals surface area (Å²) >= 11 is 0. The van der Waals surface area contributed by atoms with Crippen molar-refractivity contribution in [3.63, 3.8) is 0 Å². The maximum Gasteiger partial charge on any atom is 0.338 e. The lowest BCUT2D eigenvalue weighted by molar-refractivity contribution is -0.140. The number of amides is 2. The fourth-order valence-electron chi connectivity index (χ4n) is 2.20. The number of allylic oxidation sites excluding steroid dienone is 1. The predicted molar refractivity (Wildman–Crippen MR) is 76.3 cm³/mol. The van der Waals surface area contributed by atoms with Gasteiger partial charge in [-0.25, -0.2) is 18.4 Å². The maximum atomic E-state index is 13.5. The van der Waals surface area contributed by atoms with Crippen LogP contribution in [0.25, 0.3) is 0 Å². The molecule has 2 N–H and O–H groups in total. The van der Waals surface area contributed by atoms with Gasteiger partial charge in [0.1, 0.15) is 6.61 Å². The predicted octanol–water partition coefficient (Wildman–Crippen LogP) is 1.78. The van der Waals surface area contributed by atoms with Crippen LogP contribution in [0.15, 0.2) is 29.5 Å². The highest BCUT2D eigenvalue weighted by Crippen LogP contribution is 2.28. The Labute approximate surface area is 131 Å². The Morgan fingerprint density at radius 1 is 1.26 bits per heavy atom. The van der Waals surface area contributed by atoms with Crippen molar-refractivity contribution < 1.29 is 27.8 Å². The Balaban J connectivity index is 2.33. The highest BCUT2D eigenvalue weighted by molar-refractivity contribution is 5.95. The molecule has 0 aromatic heterocycles. The quantitative estimate of drug-likeness (QED) is 0.639. The topological polar surface area (TPSA) is 76.7 Å². The normalized spacial score (nSPS) is 17.6. The van der Waals surface area contributed by atoms with E-state index in [9.17, 15) is 18.4 Å². The number of carbonyl (C=O) groups excluding carboxylic acids is 2. The minimum atomic E-state index is -1.07. The van der Waals surface area contributed by atoms with Crippen molar-refractivity contribution in [2.24, 2.45) is 0 Å². The second kappa shape index (κ2) is 7.19. The largest absolute Gasteiger partial charge is 0.460 e. The summed E-state index contributed by atoms with van der Waals surface area (Å²) in [6.07, 6.45) is 0. The van der Waals surface area contributed by atoms with Crippen LogP contribution in [-0.4, -0.2) is 32.3 Å². The summed E-state index contributed by atoms with van der Waals surface area (Å²) in [5, 5.41) is 4.96. The summed E-state index contributed by atoms with van der Waals surface area (Å²) in [4.78, 5) is 23.9. The van der Waals surface area contributed by atoms with Gasteiger partial charge < -0.3 is 20.1 Å². The Bertz CT molecular complexity index is 661. The minimum Gasteiger partial charge on any atom is -0.460 e. The molecule has 1 heterocycles. The number of rotatable bonds is 5. The van der Waals surface area contributed by atoms with Gasteiger partial charge in [0, 0.05) is 12.8 Å². The third-order valence-corrected chi connectivity index (χ3v) is 3.29. The molecule has 0 fully saturated rings. The summed E-state index contributed by atoms with van der Waals surface area (Å²) in [6.45, 7) is 1.77. The van der Waals surface area contributed by atoms with Crippen LogP contribution in [0.4, 0.5) is 13.6 Å². The molecule has 1 aliphatic rings. The highest BCUT2D eigenvalue weighted by atomic mass is 19.2. The molecular formula is C15H16F2N2O4. The second-order valence-electron chi connectivity index (χ2n) is 4.87. The van der Waals surface area contributed by atoms with Crippen LogP contribution in [-0.2, 0) is 14.3 Å². The van der Waals surface area contributed by atoms with E-state index >= 15 is 0 Å². The average molecular weight is 326 g/mol. The fraction of sp³-hybridized carbons (Fsp3) is 0.333. The highest BCUT2D eigenvalue weighted by Gasteiger charge is 2.32. The van der Waals surface area contributed by atoms with Crippen molar-refractivity contribution in [3.05, 3.63) is 46.7 Å². The number of hydrogen-bond acceptors (Lipinski definition) is 4. The van der Waals surface area contributed by atoms with E-state index in [0.717, 1.165) is 12.1 Å². The van der Waals surface area contributed by atoms with Gasteiger partial charge in [0.05, 0.1) is 18.2 Å². The zero-order chi connectivity index (χ0) is 17.0. The fourth-order valence-corrected chi connectivity index (χ4v) is 2.20. The number of nitrogens with one attached hydrogen (secondary N) is 2. The van der Waals surface area contributed by atoms with Crippen LogP contribution in [0.5, 0.6) is 0 Å². The number of halogens is 2. The zero-order valence-electron chi connectivity index (χ0n) is 12.6. The van der Waals surface area contributed by atoms with Crippen molar-refractivity contribution in [1.29, 1.82) is 0 Å². The van der Waals surface area contributed by atoms with Gasteiger partial charge in [-0.2, -0.15) is 0 Å². The van der Waals surface area contributed by atoms with E-state index in [-0.39, 0.29) is 30.0 Å². The van der Waals surface area contributed by atoms with Crippen molar-refractivity contribution in [3.8, 4) is 0 Å². The van der Waals surface area contributed by atoms with Crippen molar-refractivity contribution in [2.45, 2.75) is 13.0 Å². The molecule has 8 heteroatoms. The molecule has 0 bridgehead atoms. The third-order valence-electron chi connectivity index (χ3n) is 3.29. The van der Waals surface area contributed by atoms with E-state index in [1.807, 2.05) is 0 Å². The third kappa shape index (κ3) is 3.84. The van der Waals surface area contributed by atoms with E-state index < -0.39 is 29.7 Å². The molecule has 1 aliphatic heterocycles. The molecule has 1 atom stereocenters. The van der Waals surface area contributed by atoms with Crippen LogP contribution in [0, 0.1) is 11.6 Å². The van der Waals surface area contributed by atoms with Crippen molar-refractivity contribution >= 4 is 12.0 Å². The molecule has 6 nitrogen and oxygen atoms in total. The number of ether oxygens (including phenoxy) is 2. The Kier molecular flexibility index (Phi) is 5.28. The van der Waals surface area contributed by atoms with E-state index in [0.29, 0.717) is 0 Å².